The van der Waals surface area contributed by atoms with E-state index in [0.717, 1.165) is 17.9 Å². The summed E-state index contributed by atoms with van der Waals surface area (Å²) in [6.07, 6.45) is 6.28. The molecule has 112 valence electrons. The van der Waals surface area contributed by atoms with Crippen LogP contribution >= 0.6 is 0 Å². The number of carbonyl (C=O) groups excluding carboxylic acids is 1. The molecule has 2 aromatic heterocycles. The van der Waals surface area contributed by atoms with Gasteiger partial charge in [-0.25, -0.2) is 9.50 Å². The third-order valence-corrected chi connectivity index (χ3v) is 4.10. The van der Waals surface area contributed by atoms with Crippen LogP contribution in [0.2, 0.25) is 0 Å². The average molecular weight is 287 g/mol. The predicted molar refractivity (Wildman–Crippen MR) is 79.2 cm³/mol. The Bertz CT molecular complexity index is 657. The third-order valence-electron chi connectivity index (χ3n) is 4.10. The molecule has 1 saturated carbocycles. The van der Waals surface area contributed by atoms with Gasteiger partial charge in [-0.05, 0) is 38.7 Å². The standard InChI is InChI=1S/C15H21N5O/c1-10-8-11(2)20-15(17-10)18-13(19-20)14(21)16-9-12-6-4-3-5-7-12/h8,12H,3-7,9H2,1-2H3,(H,16,21). The van der Waals surface area contributed by atoms with Crippen LogP contribution in [0.5, 0.6) is 0 Å². The number of hydrogen-bond donors (Lipinski definition) is 1. The molecule has 1 N–H and O–H groups in total. The lowest BCUT2D eigenvalue weighted by atomic mass is 9.89. The van der Waals surface area contributed by atoms with Crippen LogP contribution in [-0.4, -0.2) is 32.0 Å². The summed E-state index contributed by atoms with van der Waals surface area (Å²) in [5, 5.41) is 7.21. The molecular formula is C15H21N5O. The van der Waals surface area contributed by atoms with Crippen molar-refractivity contribution in [3.63, 3.8) is 0 Å². The Hall–Kier alpha value is -1.98. The molecule has 3 rings (SSSR count). The lowest BCUT2D eigenvalue weighted by Crippen LogP contribution is -2.31. The van der Waals surface area contributed by atoms with Gasteiger partial charge in [0.1, 0.15) is 0 Å². The number of nitrogens with zero attached hydrogens (tertiary/aromatic N) is 4. The molecule has 1 amide bonds. The van der Waals surface area contributed by atoms with Crippen LogP contribution in [0, 0.1) is 19.8 Å². The Kier molecular flexibility index (Phi) is 3.86. The van der Waals surface area contributed by atoms with E-state index < -0.39 is 0 Å². The molecule has 21 heavy (non-hydrogen) atoms. The minimum atomic E-state index is -0.205. The third kappa shape index (κ3) is 3.04. The molecule has 0 aliphatic heterocycles. The molecule has 1 fully saturated rings. The van der Waals surface area contributed by atoms with Gasteiger partial charge in [-0.3, -0.25) is 4.79 Å². The van der Waals surface area contributed by atoms with Gasteiger partial charge in [0.25, 0.3) is 11.7 Å². The first-order valence-corrected chi connectivity index (χ1v) is 7.63. The molecule has 2 aromatic rings. The minimum Gasteiger partial charge on any atom is -0.349 e. The Balaban J connectivity index is 1.71. The fraction of sp³-hybridized carbons (Fsp3) is 0.600. The molecule has 0 atom stereocenters. The lowest BCUT2D eigenvalue weighted by molar-refractivity contribution is 0.0933. The zero-order valence-electron chi connectivity index (χ0n) is 12.6. The van der Waals surface area contributed by atoms with E-state index in [1.807, 2.05) is 19.9 Å². The summed E-state index contributed by atoms with van der Waals surface area (Å²) >= 11 is 0. The molecular weight excluding hydrogens is 266 g/mol. The number of fused-ring (bicyclic) bond motifs is 1. The zero-order chi connectivity index (χ0) is 14.8. The second kappa shape index (κ2) is 5.79. The normalized spacial score (nSPS) is 16.3. The second-order valence-electron chi connectivity index (χ2n) is 5.90. The summed E-state index contributed by atoms with van der Waals surface area (Å²) < 4.78 is 1.61. The van der Waals surface area contributed by atoms with Crippen molar-refractivity contribution in [2.75, 3.05) is 6.54 Å². The minimum absolute atomic E-state index is 0.201. The summed E-state index contributed by atoms with van der Waals surface area (Å²) in [6, 6.07) is 1.92. The molecule has 6 nitrogen and oxygen atoms in total. The first kappa shape index (κ1) is 14.0. The van der Waals surface area contributed by atoms with E-state index in [0.29, 0.717) is 11.7 Å². The highest BCUT2D eigenvalue weighted by molar-refractivity contribution is 5.90. The quantitative estimate of drug-likeness (QED) is 0.937. The fourth-order valence-corrected chi connectivity index (χ4v) is 2.97. The lowest BCUT2D eigenvalue weighted by Gasteiger charge is -2.21. The van der Waals surface area contributed by atoms with Crippen LogP contribution in [-0.2, 0) is 0 Å². The fourth-order valence-electron chi connectivity index (χ4n) is 2.97. The molecule has 0 spiro atoms. The molecule has 6 heteroatoms. The van der Waals surface area contributed by atoms with Crippen LogP contribution in [0.15, 0.2) is 6.07 Å². The van der Waals surface area contributed by atoms with E-state index >= 15 is 0 Å². The van der Waals surface area contributed by atoms with Crippen LogP contribution in [0.1, 0.15) is 54.1 Å². The Morgan fingerprint density at radius 3 is 2.81 bits per heavy atom. The van der Waals surface area contributed by atoms with Crippen molar-refractivity contribution in [3.8, 4) is 0 Å². The van der Waals surface area contributed by atoms with Crippen molar-refractivity contribution in [1.29, 1.82) is 0 Å². The van der Waals surface area contributed by atoms with E-state index in [1.165, 1.54) is 32.1 Å². The van der Waals surface area contributed by atoms with Crippen LogP contribution in [0.4, 0.5) is 0 Å². The molecule has 2 heterocycles. The highest BCUT2D eigenvalue weighted by Crippen LogP contribution is 2.22. The zero-order valence-corrected chi connectivity index (χ0v) is 12.6. The van der Waals surface area contributed by atoms with E-state index in [2.05, 4.69) is 20.4 Å². The SMILES string of the molecule is Cc1cc(C)n2nc(C(=O)NCC3CCCCC3)nc2n1. The molecule has 0 radical (unpaired) electrons. The average Bonchev–Trinajstić information content (AvgIpc) is 2.90. The maximum absolute atomic E-state index is 12.2. The van der Waals surface area contributed by atoms with E-state index in [4.69, 9.17) is 0 Å². The van der Waals surface area contributed by atoms with Gasteiger partial charge >= 0.3 is 0 Å². The van der Waals surface area contributed by atoms with Crippen LogP contribution < -0.4 is 5.32 Å². The van der Waals surface area contributed by atoms with Crippen molar-refractivity contribution >= 4 is 11.7 Å². The number of aromatic nitrogens is 4. The number of aryl methyl sites for hydroxylation is 2. The van der Waals surface area contributed by atoms with Gasteiger partial charge in [-0.15, -0.1) is 5.10 Å². The summed E-state index contributed by atoms with van der Waals surface area (Å²) in [7, 11) is 0. The summed E-state index contributed by atoms with van der Waals surface area (Å²) in [5.41, 5.74) is 1.80. The number of carbonyl (C=O) groups is 1. The second-order valence-corrected chi connectivity index (χ2v) is 5.90. The molecule has 0 aromatic carbocycles. The first-order valence-electron chi connectivity index (χ1n) is 7.63. The first-order chi connectivity index (χ1) is 10.1. The highest BCUT2D eigenvalue weighted by Gasteiger charge is 2.18. The van der Waals surface area contributed by atoms with Gasteiger partial charge in [0.05, 0.1) is 0 Å². The molecule has 0 unspecified atom stereocenters. The predicted octanol–water partition coefficient (Wildman–Crippen LogP) is 2.05. The van der Waals surface area contributed by atoms with Crippen molar-refractivity contribution in [3.05, 3.63) is 23.3 Å². The Labute approximate surface area is 124 Å². The van der Waals surface area contributed by atoms with Gasteiger partial charge in [-0.1, -0.05) is 19.3 Å². The van der Waals surface area contributed by atoms with Crippen molar-refractivity contribution in [1.82, 2.24) is 24.9 Å². The summed E-state index contributed by atoms with van der Waals surface area (Å²) in [4.78, 5) is 20.7. The van der Waals surface area contributed by atoms with Crippen molar-refractivity contribution in [2.45, 2.75) is 46.0 Å². The van der Waals surface area contributed by atoms with Crippen molar-refractivity contribution < 1.29 is 4.79 Å². The van der Waals surface area contributed by atoms with Gasteiger partial charge in [0, 0.05) is 17.9 Å². The largest absolute Gasteiger partial charge is 0.349 e. The van der Waals surface area contributed by atoms with Gasteiger partial charge in [0.2, 0.25) is 5.82 Å². The van der Waals surface area contributed by atoms with Gasteiger partial charge < -0.3 is 5.32 Å². The van der Waals surface area contributed by atoms with E-state index in [1.54, 1.807) is 4.52 Å². The maximum Gasteiger partial charge on any atom is 0.291 e. The van der Waals surface area contributed by atoms with Crippen molar-refractivity contribution in [2.24, 2.45) is 5.92 Å². The molecule has 0 bridgehead atoms. The Morgan fingerprint density at radius 1 is 1.29 bits per heavy atom. The molecule has 1 aliphatic carbocycles. The molecule has 0 saturated heterocycles. The van der Waals surface area contributed by atoms with Crippen LogP contribution in [0.3, 0.4) is 0 Å². The highest BCUT2D eigenvalue weighted by atomic mass is 16.2. The summed E-state index contributed by atoms with van der Waals surface area (Å²) in [5.74, 6) is 1.08. The topological polar surface area (TPSA) is 72.2 Å². The Morgan fingerprint density at radius 2 is 2.05 bits per heavy atom. The van der Waals surface area contributed by atoms with E-state index in [-0.39, 0.29) is 11.7 Å². The molecule has 1 aliphatic rings. The smallest absolute Gasteiger partial charge is 0.291 e. The van der Waals surface area contributed by atoms with Crippen LogP contribution in [0.25, 0.3) is 5.78 Å². The monoisotopic (exact) mass is 287 g/mol. The van der Waals surface area contributed by atoms with E-state index in [9.17, 15) is 4.79 Å². The number of rotatable bonds is 3. The number of amides is 1. The maximum atomic E-state index is 12.2. The number of hydrogen-bond acceptors (Lipinski definition) is 4. The van der Waals surface area contributed by atoms with Gasteiger partial charge in [-0.2, -0.15) is 4.98 Å². The summed E-state index contributed by atoms with van der Waals surface area (Å²) in [6.45, 7) is 4.56. The van der Waals surface area contributed by atoms with Gasteiger partial charge in [0.15, 0.2) is 0 Å². The number of nitrogens with one attached hydrogen (secondary N) is 1.